The first-order valence-corrected chi connectivity index (χ1v) is 13.9. The first-order valence-electron chi connectivity index (χ1n) is 13.5. The molecule has 0 fully saturated rings. The summed E-state index contributed by atoms with van der Waals surface area (Å²) in [6.45, 7) is 12.7. The van der Waals surface area contributed by atoms with Crippen LogP contribution in [0, 0.1) is 13.8 Å². The molecule has 210 valence electrons. The molecular formula is C33H37ClN2O4. The Hall–Kier alpha value is -3.77. The molecular weight excluding hydrogens is 524 g/mol. The van der Waals surface area contributed by atoms with Gasteiger partial charge in [0.15, 0.2) is 6.10 Å². The number of nitrogens with one attached hydrogen (secondary N) is 1. The zero-order valence-corrected chi connectivity index (χ0v) is 24.9. The second-order valence-corrected chi connectivity index (χ2v) is 11.0. The van der Waals surface area contributed by atoms with Gasteiger partial charge in [0.2, 0.25) is 0 Å². The van der Waals surface area contributed by atoms with Crippen molar-refractivity contribution in [2.45, 2.75) is 66.2 Å². The van der Waals surface area contributed by atoms with Crippen molar-refractivity contribution in [2.24, 2.45) is 0 Å². The number of halogens is 1. The number of carbonyl (C=O) groups is 2. The average Bonchev–Trinajstić information content (AvgIpc) is 3.17. The van der Waals surface area contributed by atoms with Gasteiger partial charge in [-0.2, -0.15) is 0 Å². The summed E-state index contributed by atoms with van der Waals surface area (Å²) in [6, 6.07) is 19.5. The van der Waals surface area contributed by atoms with Gasteiger partial charge in [0.05, 0.1) is 13.2 Å². The summed E-state index contributed by atoms with van der Waals surface area (Å²) in [7, 11) is 1.33. The minimum Gasteiger partial charge on any atom is -0.479 e. The standard InChI is InChI=1S/C33H37ClN2O4/c1-19(2)24-9-8-10-25(15-24)21(4)35-32(37)26-12-14-31-29(16-26)20(3)22(5)36(31)18-27-11-13-28(17-30(27)34)40-23(6)33(38)39-7/h8-17,19,21,23H,18H2,1-7H3,(H,35,37)/t21-,23?/m0/s1. The quantitative estimate of drug-likeness (QED) is 0.215. The summed E-state index contributed by atoms with van der Waals surface area (Å²) in [6.07, 6.45) is -0.732. The van der Waals surface area contributed by atoms with Crippen molar-refractivity contribution < 1.29 is 19.1 Å². The van der Waals surface area contributed by atoms with E-state index in [4.69, 9.17) is 21.1 Å². The Bertz CT molecular complexity index is 1560. The SMILES string of the molecule is COC(=O)C(C)Oc1ccc(Cn2c(C)c(C)c3cc(C(=O)N[C@@H](C)c4cccc(C(C)C)c4)ccc32)c(Cl)c1. The third kappa shape index (κ3) is 6.18. The Balaban J connectivity index is 1.55. The third-order valence-corrected chi connectivity index (χ3v) is 7.88. The van der Waals surface area contributed by atoms with E-state index in [2.05, 4.69) is 55.8 Å². The number of ether oxygens (including phenoxy) is 2. The summed E-state index contributed by atoms with van der Waals surface area (Å²) < 4.78 is 12.6. The number of nitrogens with zero attached hydrogens (tertiary/aromatic N) is 1. The number of amides is 1. The van der Waals surface area contributed by atoms with Crippen LogP contribution < -0.4 is 10.1 Å². The summed E-state index contributed by atoms with van der Waals surface area (Å²) in [4.78, 5) is 24.9. The maximum Gasteiger partial charge on any atom is 0.346 e. The lowest BCUT2D eigenvalue weighted by Crippen LogP contribution is -2.26. The van der Waals surface area contributed by atoms with Gasteiger partial charge in [-0.25, -0.2) is 4.79 Å². The van der Waals surface area contributed by atoms with Crippen molar-refractivity contribution in [3.63, 3.8) is 0 Å². The van der Waals surface area contributed by atoms with Crippen LogP contribution in [-0.4, -0.2) is 29.7 Å². The van der Waals surface area contributed by atoms with Gasteiger partial charge in [-0.05, 0) is 86.2 Å². The Morgan fingerprint density at radius 3 is 2.35 bits per heavy atom. The van der Waals surface area contributed by atoms with Crippen LogP contribution in [0.15, 0.2) is 60.7 Å². The maximum atomic E-state index is 13.2. The molecule has 0 aliphatic carbocycles. The number of carbonyl (C=O) groups excluding carboxylic acids is 2. The van der Waals surface area contributed by atoms with Gasteiger partial charge in [0.1, 0.15) is 5.75 Å². The normalized spacial score (nSPS) is 12.8. The second kappa shape index (κ2) is 12.2. The van der Waals surface area contributed by atoms with E-state index in [9.17, 15) is 9.59 Å². The number of aromatic nitrogens is 1. The fourth-order valence-electron chi connectivity index (χ4n) is 4.86. The lowest BCUT2D eigenvalue weighted by molar-refractivity contribution is -0.147. The Morgan fingerprint density at radius 2 is 1.68 bits per heavy atom. The van der Waals surface area contributed by atoms with Crippen molar-refractivity contribution in [2.75, 3.05) is 7.11 Å². The smallest absolute Gasteiger partial charge is 0.346 e. The molecule has 2 atom stereocenters. The Kier molecular flexibility index (Phi) is 8.89. The molecule has 1 aromatic heterocycles. The molecule has 1 amide bonds. The number of hydrogen-bond donors (Lipinski definition) is 1. The Labute approximate surface area is 241 Å². The number of fused-ring (bicyclic) bond motifs is 1. The molecule has 0 aliphatic heterocycles. The van der Waals surface area contributed by atoms with Crippen molar-refractivity contribution in [1.29, 1.82) is 0 Å². The molecule has 3 aromatic carbocycles. The molecule has 4 rings (SSSR count). The summed E-state index contributed by atoms with van der Waals surface area (Å²) in [5.74, 6) is 0.372. The number of aryl methyl sites for hydroxylation is 1. The van der Waals surface area contributed by atoms with E-state index in [0.717, 1.165) is 33.3 Å². The number of hydrogen-bond acceptors (Lipinski definition) is 4. The van der Waals surface area contributed by atoms with Gasteiger partial charge in [0.25, 0.3) is 5.91 Å². The molecule has 7 heteroatoms. The van der Waals surface area contributed by atoms with Gasteiger partial charge in [-0.15, -0.1) is 0 Å². The van der Waals surface area contributed by atoms with E-state index in [0.29, 0.717) is 28.8 Å². The highest BCUT2D eigenvalue weighted by molar-refractivity contribution is 6.31. The van der Waals surface area contributed by atoms with Crippen molar-refractivity contribution in [1.82, 2.24) is 9.88 Å². The number of methoxy groups -OCH3 is 1. The fraction of sp³-hybridized carbons (Fsp3) is 0.333. The average molecular weight is 561 g/mol. The highest BCUT2D eigenvalue weighted by Gasteiger charge is 2.18. The minimum absolute atomic E-state index is 0.103. The molecule has 1 unspecified atom stereocenters. The molecule has 1 N–H and O–H groups in total. The van der Waals surface area contributed by atoms with E-state index in [1.54, 1.807) is 19.1 Å². The number of benzene rings is 3. The highest BCUT2D eigenvalue weighted by Crippen LogP contribution is 2.30. The molecule has 1 heterocycles. The summed E-state index contributed by atoms with van der Waals surface area (Å²) in [5.41, 5.74) is 7.13. The van der Waals surface area contributed by atoms with Gasteiger partial charge >= 0.3 is 5.97 Å². The van der Waals surface area contributed by atoms with E-state index in [1.165, 1.54) is 12.7 Å². The van der Waals surface area contributed by atoms with Crippen LogP contribution in [0.2, 0.25) is 5.02 Å². The van der Waals surface area contributed by atoms with Crippen LogP contribution in [0.4, 0.5) is 0 Å². The lowest BCUT2D eigenvalue weighted by atomic mass is 9.98. The molecule has 40 heavy (non-hydrogen) atoms. The minimum atomic E-state index is -0.732. The maximum absolute atomic E-state index is 13.2. The predicted octanol–water partition coefficient (Wildman–Crippen LogP) is 7.51. The monoisotopic (exact) mass is 560 g/mol. The van der Waals surface area contributed by atoms with E-state index < -0.39 is 12.1 Å². The van der Waals surface area contributed by atoms with Crippen LogP contribution in [0.5, 0.6) is 5.75 Å². The van der Waals surface area contributed by atoms with Crippen molar-refractivity contribution in [3.8, 4) is 5.75 Å². The van der Waals surface area contributed by atoms with Gasteiger partial charge in [0, 0.05) is 33.7 Å². The van der Waals surface area contributed by atoms with Crippen LogP contribution in [-0.2, 0) is 16.1 Å². The van der Waals surface area contributed by atoms with Crippen molar-refractivity contribution in [3.05, 3.63) is 99.2 Å². The summed E-state index contributed by atoms with van der Waals surface area (Å²) >= 11 is 6.62. The van der Waals surface area contributed by atoms with Crippen LogP contribution >= 0.6 is 11.6 Å². The van der Waals surface area contributed by atoms with Gasteiger partial charge in [-0.3, -0.25) is 4.79 Å². The second-order valence-electron chi connectivity index (χ2n) is 10.6. The van der Waals surface area contributed by atoms with Crippen LogP contribution in [0.3, 0.4) is 0 Å². The third-order valence-electron chi connectivity index (χ3n) is 7.53. The molecule has 0 spiro atoms. The molecule has 0 radical (unpaired) electrons. The zero-order valence-electron chi connectivity index (χ0n) is 24.2. The topological polar surface area (TPSA) is 69.6 Å². The van der Waals surface area contributed by atoms with E-state index in [-0.39, 0.29) is 11.9 Å². The molecule has 4 aromatic rings. The zero-order chi connectivity index (χ0) is 29.1. The molecule has 0 saturated carbocycles. The molecule has 0 saturated heterocycles. The van der Waals surface area contributed by atoms with Crippen molar-refractivity contribution >= 4 is 34.4 Å². The largest absolute Gasteiger partial charge is 0.479 e. The van der Waals surface area contributed by atoms with Gasteiger partial charge < -0.3 is 19.4 Å². The van der Waals surface area contributed by atoms with Gasteiger partial charge in [-0.1, -0.05) is 55.8 Å². The highest BCUT2D eigenvalue weighted by atomic mass is 35.5. The molecule has 6 nitrogen and oxygen atoms in total. The molecule has 0 aliphatic rings. The summed E-state index contributed by atoms with van der Waals surface area (Å²) in [5, 5.41) is 4.73. The fourth-order valence-corrected chi connectivity index (χ4v) is 5.09. The van der Waals surface area contributed by atoms with E-state index in [1.807, 2.05) is 37.3 Å². The van der Waals surface area contributed by atoms with Crippen LogP contribution in [0.1, 0.15) is 78.0 Å². The first kappa shape index (κ1) is 29.2. The van der Waals surface area contributed by atoms with E-state index >= 15 is 0 Å². The molecule has 0 bridgehead atoms. The number of rotatable bonds is 9. The predicted molar refractivity (Wildman–Crippen MR) is 160 cm³/mol. The number of esters is 1. The van der Waals surface area contributed by atoms with Crippen LogP contribution in [0.25, 0.3) is 10.9 Å². The Morgan fingerprint density at radius 1 is 0.950 bits per heavy atom. The lowest BCUT2D eigenvalue weighted by Gasteiger charge is -2.17. The first-order chi connectivity index (χ1) is 19.0.